The quantitative estimate of drug-likeness (QED) is 0.381. The Balaban J connectivity index is 1.18. The van der Waals surface area contributed by atoms with E-state index in [2.05, 4.69) is 43.2 Å². The van der Waals surface area contributed by atoms with Crippen molar-refractivity contribution in [1.82, 2.24) is 25.1 Å². The van der Waals surface area contributed by atoms with Crippen LogP contribution in [0.25, 0.3) is 11.2 Å². The molecule has 192 valence electrons. The van der Waals surface area contributed by atoms with E-state index in [0.29, 0.717) is 34.1 Å². The molecule has 0 amide bonds. The van der Waals surface area contributed by atoms with Crippen molar-refractivity contribution in [1.29, 1.82) is 5.26 Å². The van der Waals surface area contributed by atoms with Gasteiger partial charge < -0.3 is 20.6 Å². The van der Waals surface area contributed by atoms with Gasteiger partial charge in [0.2, 0.25) is 0 Å². The number of pyridine rings is 1. The van der Waals surface area contributed by atoms with Crippen LogP contribution in [-0.2, 0) is 19.4 Å². The van der Waals surface area contributed by atoms with Crippen LogP contribution >= 0.6 is 0 Å². The average Bonchev–Trinajstić information content (AvgIpc) is 3.50. The number of aliphatic hydroxyl groups is 1. The van der Waals surface area contributed by atoms with Crippen molar-refractivity contribution >= 4 is 28.5 Å². The lowest BCUT2D eigenvalue weighted by molar-refractivity contribution is 0.186. The first-order chi connectivity index (χ1) is 18.6. The number of anilines is 3. The molecule has 1 atom stereocenters. The number of nitrogens with zero attached hydrogens (tertiary/aromatic N) is 7. The third kappa shape index (κ3) is 3.39. The minimum absolute atomic E-state index is 0.0699. The van der Waals surface area contributed by atoms with Crippen LogP contribution in [0.3, 0.4) is 0 Å². The highest BCUT2D eigenvalue weighted by atomic mass is 16.3. The number of aromatic nitrogens is 5. The number of aromatic amines is 1. The van der Waals surface area contributed by atoms with Gasteiger partial charge in [0, 0.05) is 31.9 Å². The Morgan fingerprint density at radius 3 is 2.82 bits per heavy atom. The van der Waals surface area contributed by atoms with E-state index < -0.39 is 0 Å². The Kier molecular flexibility index (Phi) is 5.32. The van der Waals surface area contributed by atoms with Gasteiger partial charge in [-0.15, -0.1) is 0 Å². The number of aliphatic hydroxyl groups excluding tert-OH is 1. The molecule has 38 heavy (non-hydrogen) atoms. The third-order valence-electron chi connectivity index (χ3n) is 8.67. The average molecular weight is 508 g/mol. The van der Waals surface area contributed by atoms with Gasteiger partial charge in [0.05, 0.1) is 29.6 Å². The number of piperidine rings is 1. The number of fused-ring (bicyclic) bond motifs is 3. The molecule has 0 unspecified atom stereocenters. The predicted molar refractivity (Wildman–Crippen MR) is 143 cm³/mol. The van der Waals surface area contributed by atoms with Crippen LogP contribution in [0.1, 0.15) is 53.4 Å². The zero-order valence-corrected chi connectivity index (χ0v) is 21.1. The van der Waals surface area contributed by atoms with Crippen molar-refractivity contribution in [2.45, 2.75) is 44.8 Å². The lowest BCUT2D eigenvalue weighted by Crippen LogP contribution is -2.45. The number of H-pyrrole nitrogens is 1. The summed E-state index contributed by atoms with van der Waals surface area (Å²) in [7, 11) is 0. The Labute approximate surface area is 220 Å². The first-order valence-corrected chi connectivity index (χ1v) is 13.2. The molecule has 3 aromatic heterocycles. The highest BCUT2D eigenvalue weighted by molar-refractivity contribution is 5.88. The summed E-state index contributed by atoms with van der Waals surface area (Å²) in [6, 6.07) is 12.1. The fourth-order valence-corrected chi connectivity index (χ4v) is 6.69. The van der Waals surface area contributed by atoms with E-state index in [4.69, 9.17) is 15.7 Å². The second-order valence-corrected chi connectivity index (χ2v) is 10.6. The van der Waals surface area contributed by atoms with E-state index in [0.717, 1.165) is 68.7 Å². The molecule has 1 aliphatic carbocycles. The van der Waals surface area contributed by atoms with Crippen LogP contribution in [0.2, 0.25) is 0 Å². The Hall–Kier alpha value is -4.07. The molecule has 7 rings (SSSR count). The third-order valence-corrected chi connectivity index (χ3v) is 8.67. The van der Waals surface area contributed by atoms with Gasteiger partial charge in [-0.3, -0.25) is 10.1 Å². The van der Waals surface area contributed by atoms with Gasteiger partial charge in [-0.05, 0) is 66.8 Å². The number of nitrogens with one attached hydrogen (secondary N) is 1. The van der Waals surface area contributed by atoms with E-state index in [1.807, 2.05) is 24.4 Å². The molecule has 2 aliphatic heterocycles. The van der Waals surface area contributed by atoms with Gasteiger partial charge >= 0.3 is 0 Å². The fraction of sp³-hybridized carbons (Fsp3) is 0.393. The molecule has 1 saturated heterocycles. The molecule has 10 heteroatoms. The first-order valence-electron chi connectivity index (χ1n) is 13.2. The number of hydrogen-bond donors (Lipinski definition) is 3. The van der Waals surface area contributed by atoms with Crippen molar-refractivity contribution in [2.24, 2.45) is 11.1 Å². The molecule has 0 bridgehead atoms. The Morgan fingerprint density at radius 2 is 2.00 bits per heavy atom. The minimum atomic E-state index is -0.209. The van der Waals surface area contributed by atoms with Gasteiger partial charge in [0.1, 0.15) is 5.69 Å². The number of rotatable bonds is 3. The summed E-state index contributed by atoms with van der Waals surface area (Å²) >= 11 is 0. The fourth-order valence-electron chi connectivity index (χ4n) is 6.69. The van der Waals surface area contributed by atoms with E-state index in [1.54, 1.807) is 0 Å². The van der Waals surface area contributed by atoms with Crippen LogP contribution in [0.15, 0.2) is 36.5 Å². The number of nitriles is 1. The van der Waals surface area contributed by atoms with Crippen molar-refractivity contribution < 1.29 is 5.11 Å². The van der Waals surface area contributed by atoms with Crippen LogP contribution in [-0.4, -0.2) is 49.9 Å². The van der Waals surface area contributed by atoms with Gasteiger partial charge in [-0.2, -0.15) is 10.4 Å². The van der Waals surface area contributed by atoms with E-state index in [-0.39, 0.29) is 18.1 Å². The van der Waals surface area contributed by atoms with Gasteiger partial charge in [0.15, 0.2) is 22.8 Å². The summed E-state index contributed by atoms with van der Waals surface area (Å²) in [6.07, 6.45) is 6.39. The highest BCUT2D eigenvalue weighted by Crippen LogP contribution is 2.52. The monoisotopic (exact) mass is 507 g/mol. The zero-order chi connectivity index (χ0) is 25.9. The van der Waals surface area contributed by atoms with Crippen molar-refractivity contribution in [3.05, 3.63) is 64.6 Å². The highest BCUT2D eigenvalue weighted by Gasteiger charge is 2.47. The molecule has 4 N–H and O–H groups in total. The van der Waals surface area contributed by atoms with Crippen LogP contribution in [0.5, 0.6) is 0 Å². The number of benzene rings is 1. The molecule has 1 spiro atoms. The summed E-state index contributed by atoms with van der Waals surface area (Å²) in [6.45, 7) is 2.12. The molecular formula is C28H29N9O. The molecule has 10 nitrogen and oxygen atoms in total. The molecule has 1 aromatic carbocycles. The number of aryl methyl sites for hydroxylation is 1. The second-order valence-electron chi connectivity index (χ2n) is 10.6. The number of hydrogen-bond acceptors (Lipinski definition) is 9. The van der Waals surface area contributed by atoms with Crippen molar-refractivity contribution in [3.63, 3.8) is 0 Å². The zero-order valence-electron chi connectivity index (χ0n) is 21.1. The van der Waals surface area contributed by atoms with Gasteiger partial charge in [0.25, 0.3) is 0 Å². The maximum absolute atomic E-state index is 10.3. The molecule has 0 radical (unpaired) electrons. The number of nitrogens with two attached hydrogens (primary N) is 1. The van der Waals surface area contributed by atoms with Crippen LogP contribution < -0.4 is 15.5 Å². The lowest BCUT2D eigenvalue weighted by Gasteiger charge is -2.42. The maximum atomic E-state index is 10.3. The summed E-state index contributed by atoms with van der Waals surface area (Å²) in [5, 5.41) is 27.6. The smallest absolute Gasteiger partial charge is 0.183 e. The first kappa shape index (κ1) is 23.1. The molecule has 5 heterocycles. The minimum Gasteiger partial charge on any atom is -0.390 e. The van der Waals surface area contributed by atoms with Crippen molar-refractivity contribution in [2.75, 3.05) is 29.4 Å². The Morgan fingerprint density at radius 1 is 1.13 bits per heavy atom. The second kappa shape index (κ2) is 8.75. The van der Waals surface area contributed by atoms with E-state index in [1.165, 1.54) is 5.56 Å². The standard InChI is InChI=1S/C28H29N9O/c29-15-18-5-1-4-17-14-28(24(30)22(17)18)8-12-36(13-9-28)26-20(16-38)32-23-25(33-26)34-35-27(23)37-11-3-6-19-21(37)7-2-10-31-19/h1-2,4-5,7,10,24,38H,3,6,8-9,11-14,16,30H2,(H,33,34,35)/t24-/m1/s1. The van der Waals surface area contributed by atoms with Crippen LogP contribution in [0.4, 0.5) is 17.3 Å². The Bertz CT molecular complexity index is 1580. The summed E-state index contributed by atoms with van der Waals surface area (Å²) < 4.78 is 0. The van der Waals surface area contributed by atoms with Gasteiger partial charge in [-0.1, -0.05) is 12.1 Å². The van der Waals surface area contributed by atoms with E-state index in [9.17, 15) is 10.4 Å². The summed E-state index contributed by atoms with van der Waals surface area (Å²) in [4.78, 5) is 18.7. The topological polar surface area (TPSA) is 144 Å². The molecule has 1 fully saturated rings. The molecular weight excluding hydrogens is 478 g/mol. The normalized spacial score (nSPS) is 20.0. The predicted octanol–water partition coefficient (Wildman–Crippen LogP) is 3.04. The van der Waals surface area contributed by atoms with E-state index >= 15 is 0 Å². The summed E-state index contributed by atoms with van der Waals surface area (Å²) in [5.74, 6) is 1.40. The lowest BCUT2D eigenvalue weighted by atomic mass is 9.73. The molecule has 0 saturated carbocycles. The SMILES string of the molecule is N#Cc1cccc2c1[C@@H](N)C1(CCN(c3nc4[nH]nc(N5CCCc6ncccc65)c4nc3CO)CC1)C2. The van der Waals surface area contributed by atoms with Gasteiger partial charge in [-0.25, -0.2) is 9.97 Å². The van der Waals surface area contributed by atoms with Crippen molar-refractivity contribution in [3.8, 4) is 6.07 Å². The maximum Gasteiger partial charge on any atom is 0.183 e. The molecule has 4 aromatic rings. The van der Waals surface area contributed by atoms with Crippen LogP contribution in [0, 0.1) is 16.7 Å². The largest absolute Gasteiger partial charge is 0.390 e. The molecule has 3 aliphatic rings. The summed E-state index contributed by atoms with van der Waals surface area (Å²) in [5.41, 5.74) is 13.5.